The number of hydrogen-bond acceptors (Lipinski definition) is 6. The molecule has 2 aliphatic rings. The first-order valence-corrected chi connectivity index (χ1v) is 11.5. The van der Waals surface area contributed by atoms with E-state index < -0.39 is 0 Å². The van der Waals surface area contributed by atoms with Crippen LogP contribution in [-0.4, -0.2) is 58.1 Å². The predicted molar refractivity (Wildman–Crippen MR) is 120 cm³/mol. The summed E-state index contributed by atoms with van der Waals surface area (Å²) < 4.78 is 9.92. The van der Waals surface area contributed by atoms with E-state index in [9.17, 15) is 4.79 Å². The Hall–Kier alpha value is -2.61. The molecule has 1 spiro atoms. The summed E-state index contributed by atoms with van der Waals surface area (Å²) in [4.78, 5) is 17.3. The highest BCUT2D eigenvalue weighted by atomic mass is 32.1. The number of aromatic nitrogens is 2. The Kier molecular flexibility index (Phi) is 5.80. The van der Waals surface area contributed by atoms with Gasteiger partial charge in [0.15, 0.2) is 0 Å². The Labute approximate surface area is 186 Å². The van der Waals surface area contributed by atoms with Crippen LogP contribution in [0, 0.1) is 5.41 Å². The molecular weight excluding hydrogens is 408 g/mol. The molecule has 3 aromatic rings. The van der Waals surface area contributed by atoms with Gasteiger partial charge >= 0.3 is 0 Å². The van der Waals surface area contributed by atoms with Crippen molar-refractivity contribution in [2.45, 2.75) is 19.5 Å². The minimum absolute atomic E-state index is 0.130. The third-order valence-electron chi connectivity index (χ3n) is 6.16. The molecule has 0 radical (unpaired) electrons. The van der Waals surface area contributed by atoms with Crippen molar-refractivity contribution in [2.75, 3.05) is 32.8 Å². The van der Waals surface area contributed by atoms with Crippen LogP contribution in [0.3, 0.4) is 0 Å². The number of carbonyl (C=O) groups excluding carboxylic acids is 1. The molecule has 31 heavy (non-hydrogen) atoms. The second-order valence-corrected chi connectivity index (χ2v) is 9.27. The topological polar surface area (TPSA) is 58.6 Å². The van der Waals surface area contributed by atoms with Crippen molar-refractivity contribution in [3.8, 4) is 11.3 Å². The summed E-state index contributed by atoms with van der Waals surface area (Å²) >= 11 is 1.37. The van der Waals surface area contributed by atoms with Crippen LogP contribution in [0.1, 0.15) is 17.5 Å². The molecule has 0 saturated carbocycles. The molecule has 0 N–H and O–H groups in total. The van der Waals surface area contributed by atoms with Crippen LogP contribution in [0.4, 0.5) is 0 Å². The van der Waals surface area contributed by atoms with Gasteiger partial charge in [-0.2, -0.15) is 0 Å². The third-order valence-corrected chi connectivity index (χ3v) is 6.66. The second-order valence-electron chi connectivity index (χ2n) is 8.66. The highest BCUT2D eigenvalue weighted by Gasteiger charge is 2.45. The zero-order valence-corrected chi connectivity index (χ0v) is 18.3. The van der Waals surface area contributed by atoms with Crippen LogP contribution in [0.2, 0.25) is 0 Å². The van der Waals surface area contributed by atoms with Crippen LogP contribution in [0.15, 0.2) is 60.0 Å². The quantitative estimate of drug-likeness (QED) is 0.616. The van der Waals surface area contributed by atoms with Gasteiger partial charge in [0.05, 0.1) is 13.2 Å². The van der Waals surface area contributed by atoms with Crippen molar-refractivity contribution in [1.82, 2.24) is 19.4 Å². The highest BCUT2D eigenvalue weighted by Crippen LogP contribution is 2.35. The van der Waals surface area contributed by atoms with Gasteiger partial charge in [-0.3, -0.25) is 9.69 Å². The van der Waals surface area contributed by atoms with Gasteiger partial charge in [0.1, 0.15) is 5.69 Å². The van der Waals surface area contributed by atoms with Crippen LogP contribution in [-0.2, 0) is 22.6 Å². The predicted octanol–water partition coefficient (Wildman–Crippen LogP) is 3.46. The molecule has 1 aromatic heterocycles. The largest absolute Gasteiger partial charge is 0.379 e. The van der Waals surface area contributed by atoms with Crippen LogP contribution < -0.4 is 0 Å². The molecule has 0 unspecified atom stereocenters. The molecule has 1 atom stereocenters. The first-order valence-electron chi connectivity index (χ1n) is 10.7. The fourth-order valence-electron chi connectivity index (χ4n) is 4.68. The van der Waals surface area contributed by atoms with Crippen molar-refractivity contribution < 1.29 is 9.53 Å². The molecule has 6 nitrogen and oxygen atoms in total. The molecule has 5 rings (SSSR count). The lowest BCUT2D eigenvalue weighted by Gasteiger charge is -2.31. The van der Waals surface area contributed by atoms with Gasteiger partial charge in [-0.1, -0.05) is 59.1 Å². The van der Waals surface area contributed by atoms with E-state index in [-0.39, 0.29) is 11.3 Å². The number of nitrogens with zero attached hydrogens (tertiary/aromatic N) is 4. The maximum absolute atomic E-state index is 12.8. The number of benzene rings is 2. The SMILES string of the molecule is O=C1C[C@]2(COCCN(Cc3ccc(-c4csnn4)cc3)C2)CN1Cc1ccccc1. The zero-order chi connectivity index (χ0) is 21.1. The monoisotopic (exact) mass is 434 g/mol. The van der Waals surface area contributed by atoms with Crippen molar-refractivity contribution in [1.29, 1.82) is 0 Å². The van der Waals surface area contributed by atoms with Gasteiger partial charge in [-0.15, -0.1) is 5.10 Å². The number of rotatable bonds is 5. The smallest absolute Gasteiger partial charge is 0.223 e. The minimum atomic E-state index is -0.130. The molecule has 3 heterocycles. The number of amides is 1. The van der Waals surface area contributed by atoms with Gasteiger partial charge in [0.2, 0.25) is 5.91 Å². The van der Waals surface area contributed by atoms with E-state index in [1.54, 1.807) is 0 Å². The van der Waals surface area contributed by atoms with Crippen molar-refractivity contribution in [3.63, 3.8) is 0 Å². The lowest BCUT2D eigenvalue weighted by Crippen LogP contribution is -2.40. The average Bonchev–Trinajstić information content (AvgIpc) is 3.36. The Bertz CT molecular complexity index is 1010. The Morgan fingerprint density at radius 2 is 1.81 bits per heavy atom. The van der Waals surface area contributed by atoms with E-state index in [0.29, 0.717) is 26.2 Å². The maximum Gasteiger partial charge on any atom is 0.223 e. The van der Waals surface area contributed by atoms with E-state index in [1.807, 2.05) is 28.5 Å². The van der Waals surface area contributed by atoms with Crippen LogP contribution in [0.25, 0.3) is 11.3 Å². The van der Waals surface area contributed by atoms with Gasteiger partial charge in [0.25, 0.3) is 0 Å². The maximum atomic E-state index is 12.8. The minimum Gasteiger partial charge on any atom is -0.379 e. The standard InChI is InChI=1S/C24H26N4O2S/c29-23-12-24(17-28(23)14-19-4-2-1-3-5-19)16-27(10-11-30-18-24)13-20-6-8-21(9-7-20)22-15-31-26-25-22/h1-9,15H,10-14,16-18H2/t24-/m1/s1. The van der Waals surface area contributed by atoms with Gasteiger partial charge in [-0.25, -0.2) is 0 Å². The third kappa shape index (κ3) is 4.69. The molecule has 160 valence electrons. The van der Waals surface area contributed by atoms with E-state index in [2.05, 4.69) is 50.9 Å². The molecule has 7 heteroatoms. The molecule has 2 aliphatic heterocycles. The molecule has 2 saturated heterocycles. The van der Waals surface area contributed by atoms with E-state index in [1.165, 1.54) is 22.7 Å². The molecule has 0 aliphatic carbocycles. The lowest BCUT2D eigenvalue weighted by molar-refractivity contribution is -0.128. The van der Waals surface area contributed by atoms with Crippen LogP contribution in [0.5, 0.6) is 0 Å². The highest BCUT2D eigenvalue weighted by molar-refractivity contribution is 7.03. The normalized spacial score (nSPS) is 22.2. The number of hydrogen-bond donors (Lipinski definition) is 0. The molecular formula is C24H26N4O2S. The van der Waals surface area contributed by atoms with Crippen LogP contribution >= 0.6 is 11.5 Å². The fraction of sp³-hybridized carbons (Fsp3) is 0.375. The Morgan fingerprint density at radius 1 is 1.00 bits per heavy atom. The van der Waals surface area contributed by atoms with E-state index >= 15 is 0 Å². The molecule has 2 fully saturated rings. The average molecular weight is 435 g/mol. The lowest BCUT2D eigenvalue weighted by atomic mass is 9.87. The molecule has 1 amide bonds. The number of carbonyl (C=O) groups is 1. The summed E-state index contributed by atoms with van der Waals surface area (Å²) in [5.74, 6) is 0.232. The summed E-state index contributed by atoms with van der Waals surface area (Å²) in [7, 11) is 0. The second kappa shape index (κ2) is 8.86. The Morgan fingerprint density at radius 3 is 2.58 bits per heavy atom. The zero-order valence-electron chi connectivity index (χ0n) is 17.4. The first-order chi connectivity index (χ1) is 15.2. The first kappa shape index (κ1) is 20.3. The summed E-state index contributed by atoms with van der Waals surface area (Å²) in [5, 5.41) is 6.10. The molecule has 0 bridgehead atoms. The summed E-state index contributed by atoms with van der Waals surface area (Å²) in [6.07, 6.45) is 0.562. The van der Waals surface area contributed by atoms with Crippen molar-refractivity contribution in [3.05, 3.63) is 71.1 Å². The van der Waals surface area contributed by atoms with E-state index in [0.717, 1.165) is 37.4 Å². The van der Waals surface area contributed by atoms with Gasteiger partial charge in [-0.05, 0) is 22.7 Å². The summed E-state index contributed by atoms with van der Waals surface area (Å²) in [5.41, 5.74) is 4.31. The van der Waals surface area contributed by atoms with Crippen molar-refractivity contribution >= 4 is 17.4 Å². The van der Waals surface area contributed by atoms with Crippen molar-refractivity contribution in [2.24, 2.45) is 5.41 Å². The summed E-state index contributed by atoms with van der Waals surface area (Å²) in [6.45, 7) is 5.40. The van der Waals surface area contributed by atoms with E-state index in [4.69, 9.17) is 4.74 Å². The molecule has 2 aromatic carbocycles. The van der Waals surface area contributed by atoms with Gasteiger partial charge in [0, 0.05) is 55.5 Å². The number of ether oxygens (including phenoxy) is 1. The van der Waals surface area contributed by atoms with Gasteiger partial charge < -0.3 is 9.64 Å². The Balaban J connectivity index is 1.26. The summed E-state index contributed by atoms with van der Waals surface area (Å²) in [6, 6.07) is 18.8. The fourth-order valence-corrected chi connectivity index (χ4v) is 5.14. The number of likely N-dealkylation sites (tertiary alicyclic amines) is 1.